The molecule has 0 radical (unpaired) electrons. The van der Waals surface area contributed by atoms with Gasteiger partial charge in [0, 0.05) is 24.7 Å². The molecule has 0 bridgehead atoms. The lowest BCUT2D eigenvalue weighted by atomic mass is 10.1. The SMILES string of the molecule is CC(CN)C(=O)Nc1ccc(S(=O)(=O)NCC2CC2)cc1. The molecule has 6 nitrogen and oxygen atoms in total. The predicted octanol–water partition coefficient (Wildman–Crippen LogP) is 0.908. The number of carbonyl (C=O) groups is 1. The van der Waals surface area contributed by atoms with Crippen molar-refractivity contribution in [3.05, 3.63) is 24.3 Å². The van der Waals surface area contributed by atoms with E-state index in [0.717, 1.165) is 12.8 Å². The maximum absolute atomic E-state index is 12.0. The van der Waals surface area contributed by atoms with Crippen molar-refractivity contribution in [1.29, 1.82) is 0 Å². The Morgan fingerprint density at radius 3 is 2.48 bits per heavy atom. The summed E-state index contributed by atoms with van der Waals surface area (Å²) in [5, 5.41) is 2.70. The first kappa shape index (κ1) is 15.9. The Balaban J connectivity index is 1.98. The summed E-state index contributed by atoms with van der Waals surface area (Å²) in [4.78, 5) is 11.9. The van der Waals surface area contributed by atoms with Crippen molar-refractivity contribution < 1.29 is 13.2 Å². The molecule has 0 aromatic heterocycles. The molecule has 1 unspecified atom stereocenters. The van der Waals surface area contributed by atoms with Crippen molar-refractivity contribution in [1.82, 2.24) is 4.72 Å². The molecule has 1 aromatic rings. The van der Waals surface area contributed by atoms with Crippen LogP contribution in [0.1, 0.15) is 19.8 Å². The Bertz CT molecular complexity index is 594. The van der Waals surface area contributed by atoms with Crippen LogP contribution in [-0.4, -0.2) is 27.4 Å². The zero-order valence-electron chi connectivity index (χ0n) is 12.0. The summed E-state index contributed by atoms with van der Waals surface area (Å²) in [6, 6.07) is 6.12. The summed E-state index contributed by atoms with van der Waals surface area (Å²) in [6.45, 7) is 2.49. The highest BCUT2D eigenvalue weighted by atomic mass is 32.2. The second kappa shape index (κ2) is 6.55. The highest BCUT2D eigenvalue weighted by Crippen LogP contribution is 2.28. The van der Waals surface area contributed by atoms with Crippen LogP contribution >= 0.6 is 0 Å². The van der Waals surface area contributed by atoms with E-state index in [9.17, 15) is 13.2 Å². The van der Waals surface area contributed by atoms with Crippen LogP contribution in [-0.2, 0) is 14.8 Å². The van der Waals surface area contributed by atoms with Crippen molar-refractivity contribution in [3.8, 4) is 0 Å². The van der Waals surface area contributed by atoms with Gasteiger partial charge in [-0.15, -0.1) is 0 Å². The molecule has 1 fully saturated rings. The highest BCUT2D eigenvalue weighted by molar-refractivity contribution is 7.89. The van der Waals surface area contributed by atoms with E-state index >= 15 is 0 Å². The fourth-order valence-electron chi connectivity index (χ4n) is 1.72. The van der Waals surface area contributed by atoms with Crippen LogP contribution in [0.2, 0.25) is 0 Å². The largest absolute Gasteiger partial charge is 0.330 e. The van der Waals surface area contributed by atoms with Gasteiger partial charge < -0.3 is 11.1 Å². The predicted molar refractivity (Wildman–Crippen MR) is 81.2 cm³/mol. The second-order valence-corrected chi connectivity index (χ2v) is 7.21. The number of hydrogen-bond acceptors (Lipinski definition) is 4. The molecular formula is C14H21N3O3S. The molecular weight excluding hydrogens is 290 g/mol. The van der Waals surface area contributed by atoms with Gasteiger partial charge in [-0.1, -0.05) is 6.92 Å². The summed E-state index contributed by atoms with van der Waals surface area (Å²) in [5.74, 6) is 0.0182. The third-order valence-electron chi connectivity index (χ3n) is 3.49. The molecule has 21 heavy (non-hydrogen) atoms. The van der Waals surface area contributed by atoms with Crippen LogP contribution in [0.15, 0.2) is 29.2 Å². The van der Waals surface area contributed by atoms with Crippen LogP contribution < -0.4 is 15.8 Å². The van der Waals surface area contributed by atoms with Crippen molar-refractivity contribution in [2.24, 2.45) is 17.6 Å². The molecule has 1 saturated carbocycles. The van der Waals surface area contributed by atoms with Gasteiger partial charge >= 0.3 is 0 Å². The quantitative estimate of drug-likeness (QED) is 0.696. The van der Waals surface area contributed by atoms with E-state index in [1.165, 1.54) is 12.1 Å². The van der Waals surface area contributed by atoms with E-state index in [4.69, 9.17) is 5.73 Å². The van der Waals surface area contributed by atoms with Gasteiger partial charge in [-0.3, -0.25) is 4.79 Å². The maximum atomic E-state index is 12.0. The lowest BCUT2D eigenvalue weighted by Gasteiger charge is -2.11. The Kier molecular flexibility index (Phi) is 4.97. The van der Waals surface area contributed by atoms with E-state index in [1.807, 2.05) is 0 Å². The maximum Gasteiger partial charge on any atom is 0.240 e. The van der Waals surface area contributed by atoms with Gasteiger partial charge in [-0.2, -0.15) is 0 Å². The number of nitrogens with two attached hydrogens (primary N) is 1. The molecule has 0 saturated heterocycles. The first-order valence-electron chi connectivity index (χ1n) is 7.03. The number of sulfonamides is 1. The van der Waals surface area contributed by atoms with Crippen LogP contribution in [0.4, 0.5) is 5.69 Å². The van der Waals surface area contributed by atoms with Gasteiger partial charge in [-0.25, -0.2) is 13.1 Å². The summed E-state index contributed by atoms with van der Waals surface area (Å²) in [6.07, 6.45) is 2.18. The van der Waals surface area contributed by atoms with Gasteiger partial charge in [0.15, 0.2) is 0 Å². The number of nitrogens with one attached hydrogen (secondary N) is 2. The molecule has 1 amide bonds. The van der Waals surface area contributed by atoms with E-state index in [2.05, 4.69) is 10.0 Å². The van der Waals surface area contributed by atoms with Gasteiger partial charge in [0.1, 0.15) is 0 Å². The zero-order chi connectivity index (χ0) is 15.5. The Morgan fingerprint density at radius 1 is 1.33 bits per heavy atom. The third kappa shape index (κ3) is 4.52. The average Bonchev–Trinajstić information content (AvgIpc) is 3.29. The molecule has 4 N–H and O–H groups in total. The monoisotopic (exact) mass is 311 g/mol. The van der Waals surface area contributed by atoms with E-state index in [-0.39, 0.29) is 23.3 Å². The molecule has 0 aliphatic heterocycles. The topological polar surface area (TPSA) is 101 Å². The number of benzene rings is 1. The normalized spacial score (nSPS) is 16.5. The fourth-order valence-corrected chi connectivity index (χ4v) is 2.84. The molecule has 1 aliphatic carbocycles. The summed E-state index contributed by atoms with van der Waals surface area (Å²) < 4.78 is 26.7. The molecule has 0 heterocycles. The first-order chi connectivity index (χ1) is 9.92. The minimum Gasteiger partial charge on any atom is -0.330 e. The van der Waals surface area contributed by atoms with Crippen molar-refractivity contribution in [2.75, 3.05) is 18.4 Å². The van der Waals surface area contributed by atoms with Crippen LogP contribution in [0.25, 0.3) is 0 Å². The Hall–Kier alpha value is -1.44. The highest BCUT2D eigenvalue weighted by Gasteiger charge is 2.24. The summed E-state index contributed by atoms with van der Waals surface area (Å²) >= 11 is 0. The van der Waals surface area contributed by atoms with Crippen LogP contribution in [0, 0.1) is 11.8 Å². The smallest absolute Gasteiger partial charge is 0.240 e. The number of rotatable bonds is 7. The van der Waals surface area contributed by atoms with E-state index in [0.29, 0.717) is 18.2 Å². The lowest BCUT2D eigenvalue weighted by Crippen LogP contribution is -2.27. The molecule has 1 aliphatic rings. The Morgan fingerprint density at radius 2 is 1.95 bits per heavy atom. The summed E-state index contributed by atoms with van der Waals surface area (Å²) in [7, 11) is -3.46. The number of hydrogen-bond donors (Lipinski definition) is 3. The Labute approximate surface area is 125 Å². The van der Waals surface area contributed by atoms with Gasteiger partial charge in [0.25, 0.3) is 0 Å². The van der Waals surface area contributed by atoms with Crippen LogP contribution in [0.5, 0.6) is 0 Å². The van der Waals surface area contributed by atoms with E-state index in [1.54, 1.807) is 19.1 Å². The molecule has 1 aromatic carbocycles. The van der Waals surface area contributed by atoms with E-state index < -0.39 is 10.0 Å². The average molecular weight is 311 g/mol. The fraction of sp³-hybridized carbons (Fsp3) is 0.500. The van der Waals surface area contributed by atoms with Crippen LogP contribution in [0.3, 0.4) is 0 Å². The summed E-state index contributed by atoms with van der Waals surface area (Å²) in [5.41, 5.74) is 5.98. The zero-order valence-corrected chi connectivity index (χ0v) is 12.8. The minimum atomic E-state index is -3.46. The van der Waals surface area contributed by atoms with Gasteiger partial charge in [0.2, 0.25) is 15.9 Å². The molecule has 116 valence electrons. The minimum absolute atomic E-state index is 0.181. The van der Waals surface area contributed by atoms with Gasteiger partial charge in [-0.05, 0) is 43.0 Å². The van der Waals surface area contributed by atoms with Crippen molar-refractivity contribution in [2.45, 2.75) is 24.7 Å². The molecule has 1 atom stereocenters. The standard InChI is InChI=1S/C14H21N3O3S/c1-10(8-15)14(18)17-12-4-6-13(7-5-12)21(19,20)16-9-11-2-3-11/h4-7,10-11,16H,2-3,8-9,15H2,1H3,(H,17,18). The first-order valence-corrected chi connectivity index (χ1v) is 8.51. The number of amides is 1. The molecule has 2 rings (SSSR count). The molecule has 0 spiro atoms. The number of anilines is 1. The second-order valence-electron chi connectivity index (χ2n) is 5.45. The van der Waals surface area contributed by atoms with Crippen molar-refractivity contribution >= 4 is 21.6 Å². The lowest BCUT2D eigenvalue weighted by molar-refractivity contribution is -0.119. The van der Waals surface area contributed by atoms with Crippen molar-refractivity contribution in [3.63, 3.8) is 0 Å². The molecule has 7 heteroatoms. The number of carbonyl (C=O) groups excluding carboxylic acids is 1. The third-order valence-corrected chi connectivity index (χ3v) is 4.93. The van der Waals surface area contributed by atoms with Gasteiger partial charge in [0.05, 0.1) is 4.90 Å².